The zero-order valence-corrected chi connectivity index (χ0v) is 9.25. The third-order valence-corrected chi connectivity index (χ3v) is 2.74. The zero-order chi connectivity index (χ0) is 9.90. The molecule has 0 nitrogen and oxygen atoms in total. The molecule has 0 fully saturated rings. The molecule has 0 N–H and O–H groups in total. The van der Waals surface area contributed by atoms with Gasteiger partial charge in [0.05, 0.1) is 0 Å². The van der Waals surface area contributed by atoms with Crippen LogP contribution in [-0.4, -0.2) is 0 Å². The molecule has 0 aromatic carbocycles. The standard InChI is InChI=1S/C14H23/c1-2-4-6-8-10-12-14-13-11-9-7-5-3-1/h1-5H,6-14H2. The lowest BCUT2D eigenvalue weighted by Crippen LogP contribution is -1.81. The van der Waals surface area contributed by atoms with E-state index in [0.29, 0.717) is 0 Å². The summed E-state index contributed by atoms with van der Waals surface area (Å²) in [6.45, 7) is 0. The maximum atomic E-state index is 2.29. The molecule has 0 heteroatoms. The lowest BCUT2D eigenvalue weighted by Gasteiger charge is -2.00. The molecule has 0 saturated heterocycles. The predicted molar refractivity (Wildman–Crippen MR) is 64.1 cm³/mol. The molecule has 0 heterocycles. The number of hydrogen-bond donors (Lipinski definition) is 0. The van der Waals surface area contributed by atoms with Gasteiger partial charge in [-0.2, -0.15) is 0 Å². The molecule has 0 spiro atoms. The van der Waals surface area contributed by atoms with Crippen LogP contribution in [0.25, 0.3) is 0 Å². The van der Waals surface area contributed by atoms with Gasteiger partial charge in [-0.25, -0.2) is 0 Å². The summed E-state index contributed by atoms with van der Waals surface area (Å²) in [6.07, 6.45) is 23.5. The van der Waals surface area contributed by atoms with E-state index < -0.39 is 0 Å². The summed E-state index contributed by atoms with van der Waals surface area (Å²) < 4.78 is 0. The van der Waals surface area contributed by atoms with E-state index in [1.807, 2.05) is 0 Å². The van der Waals surface area contributed by atoms with Crippen molar-refractivity contribution in [2.75, 3.05) is 0 Å². The van der Waals surface area contributed by atoms with Crippen LogP contribution in [0, 0.1) is 6.42 Å². The fraction of sp³-hybridized carbons (Fsp3) is 0.643. The lowest BCUT2D eigenvalue weighted by atomic mass is 10.1. The minimum Gasteiger partial charge on any atom is -0.0879 e. The summed E-state index contributed by atoms with van der Waals surface area (Å²) in [5, 5.41) is 0. The van der Waals surface area contributed by atoms with Crippen LogP contribution in [0.3, 0.4) is 0 Å². The molecular weight excluding hydrogens is 168 g/mol. The van der Waals surface area contributed by atoms with Gasteiger partial charge in [0.2, 0.25) is 0 Å². The lowest BCUT2D eigenvalue weighted by molar-refractivity contribution is 0.583. The van der Waals surface area contributed by atoms with Crippen molar-refractivity contribution in [2.45, 2.75) is 57.8 Å². The molecule has 79 valence electrons. The number of allylic oxidation sites excluding steroid dienone is 4. The van der Waals surface area contributed by atoms with Gasteiger partial charge < -0.3 is 0 Å². The molecule has 0 aromatic heterocycles. The van der Waals surface area contributed by atoms with E-state index in [9.17, 15) is 0 Å². The Balaban J connectivity index is 2.17. The molecule has 0 unspecified atom stereocenters. The van der Waals surface area contributed by atoms with Crippen LogP contribution in [0.1, 0.15) is 57.8 Å². The molecule has 0 saturated carbocycles. The molecule has 0 bridgehead atoms. The summed E-state index contributed by atoms with van der Waals surface area (Å²) in [5.41, 5.74) is 0. The first-order chi connectivity index (χ1) is 7.00. The second-order valence-corrected chi connectivity index (χ2v) is 4.10. The van der Waals surface area contributed by atoms with Crippen molar-refractivity contribution >= 4 is 0 Å². The molecule has 1 aliphatic rings. The van der Waals surface area contributed by atoms with E-state index >= 15 is 0 Å². The van der Waals surface area contributed by atoms with Crippen molar-refractivity contribution in [3.05, 3.63) is 30.7 Å². The normalized spacial score (nSPS) is 21.7. The van der Waals surface area contributed by atoms with Crippen LogP contribution in [0.5, 0.6) is 0 Å². The predicted octanol–water partition coefficient (Wildman–Crippen LogP) is 4.83. The van der Waals surface area contributed by atoms with Crippen LogP contribution in [0.2, 0.25) is 0 Å². The van der Waals surface area contributed by atoms with Crippen LogP contribution in [-0.2, 0) is 0 Å². The van der Waals surface area contributed by atoms with E-state index in [1.165, 1.54) is 57.8 Å². The summed E-state index contributed by atoms with van der Waals surface area (Å²) >= 11 is 0. The third kappa shape index (κ3) is 6.94. The minimum absolute atomic E-state index is 1.25. The molecule has 0 aliphatic heterocycles. The van der Waals surface area contributed by atoms with Crippen LogP contribution in [0.15, 0.2) is 24.3 Å². The van der Waals surface area contributed by atoms with Crippen molar-refractivity contribution in [3.8, 4) is 0 Å². The molecule has 14 heavy (non-hydrogen) atoms. The highest BCUT2D eigenvalue weighted by Gasteiger charge is 1.91. The monoisotopic (exact) mass is 191 g/mol. The summed E-state index contributed by atoms with van der Waals surface area (Å²) in [5.74, 6) is 0. The van der Waals surface area contributed by atoms with Gasteiger partial charge in [0.1, 0.15) is 0 Å². The Morgan fingerprint density at radius 3 is 1.43 bits per heavy atom. The first kappa shape index (κ1) is 11.6. The first-order valence-electron chi connectivity index (χ1n) is 6.15. The van der Waals surface area contributed by atoms with Gasteiger partial charge in [-0.1, -0.05) is 56.4 Å². The van der Waals surface area contributed by atoms with Crippen LogP contribution >= 0.6 is 0 Å². The van der Waals surface area contributed by atoms with Gasteiger partial charge >= 0.3 is 0 Å². The Morgan fingerprint density at radius 2 is 0.929 bits per heavy atom. The van der Waals surface area contributed by atoms with Crippen molar-refractivity contribution in [2.24, 2.45) is 0 Å². The largest absolute Gasteiger partial charge is 0.0879 e. The van der Waals surface area contributed by atoms with E-state index in [0.717, 1.165) is 0 Å². The highest BCUT2D eigenvalue weighted by molar-refractivity contribution is 5.08. The molecule has 1 radical (unpaired) electrons. The summed E-state index contributed by atoms with van der Waals surface area (Å²) in [7, 11) is 0. The van der Waals surface area contributed by atoms with Gasteiger partial charge in [0.25, 0.3) is 0 Å². The second kappa shape index (κ2) is 9.05. The third-order valence-electron chi connectivity index (χ3n) is 2.74. The quantitative estimate of drug-likeness (QED) is 0.514. The average Bonchev–Trinajstić information content (AvgIpc) is 2.22. The SMILES string of the molecule is [CH]1C=CCCCCCCCCCC=C1. The maximum Gasteiger partial charge on any atom is 0.00441 e. The van der Waals surface area contributed by atoms with Crippen LogP contribution < -0.4 is 0 Å². The maximum absolute atomic E-state index is 2.29. The van der Waals surface area contributed by atoms with Crippen molar-refractivity contribution in [1.82, 2.24) is 0 Å². The molecular formula is C14H23. The highest BCUT2D eigenvalue weighted by Crippen LogP contribution is 2.10. The molecule has 0 aromatic rings. The van der Waals surface area contributed by atoms with Gasteiger partial charge in [-0.15, -0.1) is 0 Å². The summed E-state index contributed by atoms with van der Waals surface area (Å²) in [6, 6.07) is 0. The highest BCUT2D eigenvalue weighted by atomic mass is 14.0. The topological polar surface area (TPSA) is 0 Å². The smallest absolute Gasteiger partial charge is 0.00441 e. The minimum atomic E-state index is 1.25. The van der Waals surface area contributed by atoms with Gasteiger partial charge in [0.15, 0.2) is 0 Å². The average molecular weight is 191 g/mol. The Labute approximate surface area is 89.1 Å². The van der Waals surface area contributed by atoms with E-state index in [2.05, 4.69) is 30.7 Å². The number of rotatable bonds is 0. The Bertz CT molecular complexity index is 147. The molecule has 1 rings (SSSR count). The fourth-order valence-electron chi connectivity index (χ4n) is 1.82. The zero-order valence-electron chi connectivity index (χ0n) is 9.25. The Hall–Kier alpha value is -0.520. The number of hydrogen-bond acceptors (Lipinski definition) is 0. The van der Waals surface area contributed by atoms with Crippen LogP contribution in [0.4, 0.5) is 0 Å². The van der Waals surface area contributed by atoms with E-state index in [4.69, 9.17) is 0 Å². The van der Waals surface area contributed by atoms with E-state index in [-0.39, 0.29) is 0 Å². The molecule has 1 aliphatic carbocycles. The van der Waals surface area contributed by atoms with Crippen molar-refractivity contribution in [1.29, 1.82) is 0 Å². The summed E-state index contributed by atoms with van der Waals surface area (Å²) in [4.78, 5) is 0. The fourth-order valence-corrected chi connectivity index (χ4v) is 1.82. The first-order valence-corrected chi connectivity index (χ1v) is 6.15. The molecule has 0 atom stereocenters. The Morgan fingerprint density at radius 1 is 0.500 bits per heavy atom. The molecule has 0 amide bonds. The van der Waals surface area contributed by atoms with E-state index in [1.54, 1.807) is 0 Å². The van der Waals surface area contributed by atoms with Gasteiger partial charge in [-0.05, 0) is 25.7 Å². The Kier molecular flexibility index (Phi) is 7.47. The van der Waals surface area contributed by atoms with Crippen molar-refractivity contribution < 1.29 is 0 Å². The van der Waals surface area contributed by atoms with Crippen molar-refractivity contribution in [3.63, 3.8) is 0 Å². The second-order valence-electron chi connectivity index (χ2n) is 4.10. The van der Waals surface area contributed by atoms with Gasteiger partial charge in [0, 0.05) is 6.42 Å². The van der Waals surface area contributed by atoms with Gasteiger partial charge in [-0.3, -0.25) is 0 Å².